The number of nitrogens with one attached hydrogen (secondary N) is 1. The van der Waals surface area contributed by atoms with E-state index >= 15 is 0 Å². The van der Waals surface area contributed by atoms with Crippen LogP contribution in [-0.2, 0) is 6.42 Å². The summed E-state index contributed by atoms with van der Waals surface area (Å²) in [5, 5.41) is 3.44. The number of para-hydroxylation sites is 1. The van der Waals surface area contributed by atoms with Gasteiger partial charge in [0.2, 0.25) is 0 Å². The van der Waals surface area contributed by atoms with Gasteiger partial charge in [-0.15, -0.1) is 0 Å². The third-order valence-corrected chi connectivity index (χ3v) is 5.55. The summed E-state index contributed by atoms with van der Waals surface area (Å²) in [4.78, 5) is 0. The molecule has 0 aromatic heterocycles. The highest BCUT2D eigenvalue weighted by atomic mass is 32.2. The van der Waals surface area contributed by atoms with E-state index in [0.29, 0.717) is 6.10 Å². The molecule has 2 saturated heterocycles. The van der Waals surface area contributed by atoms with Crippen LogP contribution in [0.2, 0.25) is 0 Å². The molecule has 0 amide bonds. The Kier molecular flexibility index (Phi) is 5.31. The van der Waals surface area contributed by atoms with E-state index in [1.165, 1.54) is 24.2 Å². The van der Waals surface area contributed by atoms with Gasteiger partial charge in [0, 0.05) is 5.75 Å². The molecule has 3 nitrogen and oxygen atoms in total. The van der Waals surface area contributed by atoms with Crippen LogP contribution in [0, 0.1) is 5.92 Å². The van der Waals surface area contributed by atoms with E-state index in [-0.39, 0.29) is 0 Å². The summed E-state index contributed by atoms with van der Waals surface area (Å²) in [7, 11) is 1.74. The molecule has 21 heavy (non-hydrogen) atoms. The fourth-order valence-electron chi connectivity index (χ4n) is 3.19. The van der Waals surface area contributed by atoms with E-state index in [1.807, 2.05) is 17.8 Å². The molecule has 3 rings (SSSR count). The van der Waals surface area contributed by atoms with Gasteiger partial charge in [-0.3, -0.25) is 0 Å². The maximum Gasteiger partial charge on any atom is 0.164 e. The van der Waals surface area contributed by atoms with Crippen molar-refractivity contribution in [3.8, 4) is 11.5 Å². The van der Waals surface area contributed by atoms with Crippen LogP contribution in [0.5, 0.6) is 11.5 Å². The Morgan fingerprint density at radius 2 is 2.10 bits per heavy atom. The predicted molar refractivity (Wildman–Crippen MR) is 88.6 cm³/mol. The summed E-state index contributed by atoms with van der Waals surface area (Å²) >= 11 is 1.98. The molecule has 1 atom stereocenters. The second kappa shape index (κ2) is 7.41. The minimum atomic E-state index is 0.345. The summed E-state index contributed by atoms with van der Waals surface area (Å²) in [6.07, 6.45) is 5.12. The van der Waals surface area contributed by atoms with Gasteiger partial charge in [-0.1, -0.05) is 12.1 Å². The van der Waals surface area contributed by atoms with Crippen molar-refractivity contribution in [2.24, 2.45) is 5.92 Å². The molecule has 1 aromatic carbocycles. The molecule has 0 saturated carbocycles. The van der Waals surface area contributed by atoms with Gasteiger partial charge in [0.15, 0.2) is 11.5 Å². The number of piperidine rings is 1. The molecule has 0 aliphatic carbocycles. The monoisotopic (exact) mass is 307 g/mol. The van der Waals surface area contributed by atoms with Gasteiger partial charge in [0.05, 0.1) is 7.11 Å². The highest BCUT2D eigenvalue weighted by molar-refractivity contribution is 7.99. The fourth-order valence-corrected chi connectivity index (χ4v) is 4.28. The summed E-state index contributed by atoms with van der Waals surface area (Å²) < 4.78 is 11.8. The lowest BCUT2D eigenvalue weighted by Crippen LogP contribution is -2.28. The summed E-state index contributed by atoms with van der Waals surface area (Å²) in [5.41, 5.74) is 1.32. The number of thioether (sulfide) groups is 1. The first-order valence-electron chi connectivity index (χ1n) is 7.98. The summed E-state index contributed by atoms with van der Waals surface area (Å²) in [6, 6.07) is 6.32. The normalized spacial score (nSPS) is 23.2. The molecule has 2 heterocycles. The van der Waals surface area contributed by atoms with Crippen molar-refractivity contribution in [2.45, 2.75) is 31.8 Å². The topological polar surface area (TPSA) is 30.5 Å². The molecule has 116 valence electrons. The van der Waals surface area contributed by atoms with Gasteiger partial charge in [0.1, 0.15) is 6.10 Å². The van der Waals surface area contributed by atoms with E-state index in [0.717, 1.165) is 49.1 Å². The van der Waals surface area contributed by atoms with E-state index in [4.69, 9.17) is 9.47 Å². The number of methoxy groups -OCH3 is 1. The Labute approximate surface area is 131 Å². The number of rotatable bonds is 5. The average Bonchev–Trinajstić information content (AvgIpc) is 3.03. The predicted octanol–water partition coefficient (Wildman–Crippen LogP) is 3.12. The zero-order valence-corrected chi connectivity index (χ0v) is 13.6. The minimum absolute atomic E-state index is 0.345. The molecule has 2 aliphatic rings. The highest BCUT2D eigenvalue weighted by Crippen LogP contribution is 2.36. The van der Waals surface area contributed by atoms with Crippen LogP contribution >= 0.6 is 11.8 Å². The lowest BCUT2D eigenvalue weighted by atomic mass is 9.90. The van der Waals surface area contributed by atoms with Crippen LogP contribution in [-0.4, -0.2) is 37.8 Å². The van der Waals surface area contributed by atoms with E-state index in [1.54, 1.807) is 7.11 Å². The Bertz CT molecular complexity index is 454. The highest BCUT2D eigenvalue weighted by Gasteiger charge is 2.22. The molecule has 0 spiro atoms. The van der Waals surface area contributed by atoms with Crippen molar-refractivity contribution >= 4 is 11.8 Å². The molecule has 1 N–H and O–H groups in total. The Morgan fingerprint density at radius 1 is 1.24 bits per heavy atom. The smallest absolute Gasteiger partial charge is 0.164 e. The van der Waals surface area contributed by atoms with Crippen LogP contribution in [0.1, 0.15) is 24.8 Å². The summed E-state index contributed by atoms with van der Waals surface area (Å²) in [6.45, 7) is 2.29. The number of benzene rings is 1. The first-order valence-corrected chi connectivity index (χ1v) is 9.13. The molecule has 2 fully saturated rings. The molecule has 1 unspecified atom stereocenters. The maximum absolute atomic E-state index is 6.31. The van der Waals surface area contributed by atoms with Gasteiger partial charge in [-0.25, -0.2) is 0 Å². The van der Waals surface area contributed by atoms with Crippen LogP contribution in [0.3, 0.4) is 0 Å². The van der Waals surface area contributed by atoms with Gasteiger partial charge in [0.25, 0.3) is 0 Å². The standard InChI is InChI=1S/C17H25NO2S/c1-19-16-4-2-3-14(11-13-5-8-18-9-6-13)17(16)20-15-7-10-21-12-15/h2-4,13,15,18H,5-12H2,1H3. The van der Waals surface area contributed by atoms with Crippen molar-refractivity contribution in [1.82, 2.24) is 5.32 Å². The van der Waals surface area contributed by atoms with E-state index in [9.17, 15) is 0 Å². The van der Waals surface area contributed by atoms with E-state index in [2.05, 4.69) is 17.4 Å². The van der Waals surface area contributed by atoms with Gasteiger partial charge in [-0.05, 0) is 62.1 Å². The first-order chi connectivity index (χ1) is 10.4. The zero-order chi connectivity index (χ0) is 14.5. The SMILES string of the molecule is COc1cccc(CC2CCNCC2)c1OC1CCSC1. The molecular formula is C17H25NO2S. The third-order valence-electron chi connectivity index (χ3n) is 4.42. The second-order valence-electron chi connectivity index (χ2n) is 5.95. The minimum Gasteiger partial charge on any atom is -0.493 e. The van der Waals surface area contributed by atoms with Gasteiger partial charge in [-0.2, -0.15) is 11.8 Å². The van der Waals surface area contributed by atoms with Crippen LogP contribution < -0.4 is 14.8 Å². The quantitative estimate of drug-likeness (QED) is 0.905. The van der Waals surface area contributed by atoms with Gasteiger partial charge < -0.3 is 14.8 Å². The average molecular weight is 307 g/mol. The second-order valence-corrected chi connectivity index (χ2v) is 7.10. The van der Waals surface area contributed by atoms with Crippen molar-refractivity contribution < 1.29 is 9.47 Å². The number of hydrogen-bond donors (Lipinski definition) is 1. The van der Waals surface area contributed by atoms with Crippen molar-refractivity contribution in [2.75, 3.05) is 31.7 Å². The molecule has 1 aromatic rings. The lowest BCUT2D eigenvalue weighted by Gasteiger charge is -2.25. The first kappa shape index (κ1) is 15.0. The Balaban J connectivity index is 1.76. The van der Waals surface area contributed by atoms with Crippen LogP contribution in [0.4, 0.5) is 0 Å². The van der Waals surface area contributed by atoms with E-state index < -0.39 is 0 Å². The largest absolute Gasteiger partial charge is 0.493 e. The Morgan fingerprint density at radius 3 is 2.81 bits per heavy atom. The Hall–Kier alpha value is -0.870. The molecule has 4 heteroatoms. The molecular weight excluding hydrogens is 282 g/mol. The molecule has 2 aliphatic heterocycles. The number of ether oxygens (including phenoxy) is 2. The number of hydrogen-bond acceptors (Lipinski definition) is 4. The van der Waals surface area contributed by atoms with Crippen LogP contribution in [0.15, 0.2) is 18.2 Å². The van der Waals surface area contributed by atoms with Crippen LogP contribution in [0.25, 0.3) is 0 Å². The van der Waals surface area contributed by atoms with Crippen molar-refractivity contribution in [3.05, 3.63) is 23.8 Å². The summed E-state index contributed by atoms with van der Waals surface area (Å²) in [5.74, 6) is 4.96. The lowest BCUT2D eigenvalue weighted by molar-refractivity contribution is 0.214. The molecule has 0 radical (unpaired) electrons. The fraction of sp³-hybridized carbons (Fsp3) is 0.647. The maximum atomic E-state index is 6.31. The third kappa shape index (κ3) is 3.86. The zero-order valence-electron chi connectivity index (χ0n) is 12.8. The van der Waals surface area contributed by atoms with Crippen molar-refractivity contribution in [1.29, 1.82) is 0 Å². The van der Waals surface area contributed by atoms with Gasteiger partial charge >= 0.3 is 0 Å². The van der Waals surface area contributed by atoms with Crippen molar-refractivity contribution in [3.63, 3.8) is 0 Å². The molecule has 0 bridgehead atoms.